The zero-order chi connectivity index (χ0) is 19.3. The van der Waals surface area contributed by atoms with Gasteiger partial charge in [-0.25, -0.2) is 20.2 Å². The Balaban J connectivity index is 1.53. The smallest absolute Gasteiger partial charge is 0.271 e. The predicted molar refractivity (Wildman–Crippen MR) is 110 cm³/mol. The molecule has 0 bridgehead atoms. The number of hydrogen-bond donors (Lipinski definition) is 0. The Bertz CT molecular complexity index is 1290. The van der Waals surface area contributed by atoms with Crippen molar-refractivity contribution in [1.29, 1.82) is 5.26 Å². The van der Waals surface area contributed by atoms with Crippen LogP contribution in [0.15, 0.2) is 35.8 Å². The van der Waals surface area contributed by atoms with Crippen LogP contribution in [-0.4, -0.2) is 30.6 Å². The van der Waals surface area contributed by atoms with Crippen molar-refractivity contribution >= 4 is 33.9 Å². The largest absolute Gasteiger partial charge is 0.303 e. The van der Waals surface area contributed by atoms with Gasteiger partial charge in [0.2, 0.25) is 0 Å². The number of thiophene rings is 1. The van der Waals surface area contributed by atoms with Crippen LogP contribution in [0.3, 0.4) is 0 Å². The molecule has 0 atom stereocenters. The maximum absolute atomic E-state index is 13.1. The summed E-state index contributed by atoms with van der Waals surface area (Å²) in [5.74, 6) is 2.34. The lowest BCUT2D eigenvalue weighted by molar-refractivity contribution is 0.440. The average molecular weight is 388 g/mol. The lowest BCUT2D eigenvalue weighted by atomic mass is 9.42. The van der Waals surface area contributed by atoms with Crippen molar-refractivity contribution in [3.8, 4) is 16.5 Å². The lowest BCUT2D eigenvalue weighted by Crippen LogP contribution is -2.29. The van der Waals surface area contributed by atoms with Crippen LogP contribution in [0.4, 0.5) is 0 Å². The fraction of sp³-hybridized carbons (Fsp3) is 0.316. The molecule has 0 amide bonds. The zero-order valence-electron chi connectivity index (χ0n) is 15.4. The molecule has 1 aliphatic rings. The Labute approximate surface area is 165 Å². The lowest BCUT2D eigenvalue weighted by Gasteiger charge is -2.24. The summed E-state index contributed by atoms with van der Waals surface area (Å²) in [4.78, 5) is 27.4. The first-order valence-electron chi connectivity index (χ1n) is 9.34. The molecule has 28 heavy (non-hydrogen) atoms. The summed E-state index contributed by atoms with van der Waals surface area (Å²) < 4.78 is 4.36. The van der Waals surface area contributed by atoms with Crippen LogP contribution in [0.1, 0.15) is 24.6 Å². The van der Waals surface area contributed by atoms with Crippen LogP contribution >= 0.6 is 11.3 Å². The van der Waals surface area contributed by atoms with Crippen LogP contribution in [0.5, 0.6) is 0 Å². The fourth-order valence-electron chi connectivity index (χ4n) is 3.95. The van der Waals surface area contributed by atoms with Crippen molar-refractivity contribution in [1.82, 2.24) is 23.9 Å². The topological polar surface area (TPSA) is 88.9 Å². The van der Waals surface area contributed by atoms with Gasteiger partial charge in [-0.05, 0) is 25.8 Å². The summed E-state index contributed by atoms with van der Waals surface area (Å²) in [5.41, 5.74) is 3.24. The zero-order valence-corrected chi connectivity index (χ0v) is 16.2. The summed E-state index contributed by atoms with van der Waals surface area (Å²) in [6, 6.07) is 2.05. The first-order valence-corrected chi connectivity index (χ1v) is 10.2. The van der Waals surface area contributed by atoms with Crippen molar-refractivity contribution < 1.29 is 0 Å². The van der Waals surface area contributed by atoms with E-state index in [2.05, 4.69) is 20.9 Å². The molecule has 5 rings (SSSR count). The molecular formula is C19H17BN6OS. The van der Waals surface area contributed by atoms with Gasteiger partial charge in [-0.2, -0.15) is 0 Å². The van der Waals surface area contributed by atoms with E-state index in [0.29, 0.717) is 10.2 Å². The molecule has 1 saturated heterocycles. The van der Waals surface area contributed by atoms with E-state index in [4.69, 9.17) is 5.26 Å². The van der Waals surface area contributed by atoms with Gasteiger partial charge < -0.3 is 4.40 Å². The van der Waals surface area contributed by atoms with Crippen molar-refractivity contribution in [2.24, 2.45) is 0 Å². The molecule has 9 heteroatoms. The molecule has 0 N–H and O–H groups in total. The van der Waals surface area contributed by atoms with E-state index < -0.39 is 0 Å². The molecule has 7 nitrogen and oxygen atoms in total. The number of aromatic nitrogens is 5. The Hall–Kier alpha value is -2.99. The highest BCUT2D eigenvalue weighted by atomic mass is 32.1. The molecule has 0 spiro atoms. The predicted octanol–water partition coefficient (Wildman–Crippen LogP) is 3.37. The third-order valence-corrected chi connectivity index (χ3v) is 6.58. The first kappa shape index (κ1) is 17.1. The van der Waals surface area contributed by atoms with Gasteiger partial charge in [0.15, 0.2) is 5.65 Å². The molecule has 0 aromatic carbocycles. The average Bonchev–Trinajstić information content (AvgIpc) is 3.31. The van der Waals surface area contributed by atoms with Gasteiger partial charge in [-0.1, -0.05) is 12.6 Å². The number of aryl methyl sites for hydroxylation is 1. The number of fused-ring (bicyclic) bond motifs is 2. The Morgan fingerprint density at radius 3 is 2.89 bits per heavy atom. The van der Waals surface area contributed by atoms with E-state index in [0.717, 1.165) is 47.4 Å². The molecule has 1 aliphatic heterocycles. The van der Waals surface area contributed by atoms with Crippen LogP contribution in [0.2, 0.25) is 12.6 Å². The number of nitrogens with zero attached hydrogens (tertiary/aromatic N) is 6. The molecule has 4 aromatic heterocycles. The van der Waals surface area contributed by atoms with Crippen LogP contribution < -0.4 is 5.56 Å². The van der Waals surface area contributed by atoms with Crippen LogP contribution in [0, 0.1) is 18.2 Å². The Kier molecular flexibility index (Phi) is 4.02. The van der Waals surface area contributed by atoms with Crippen LogP contribution in [-0.2, 0) is 0 Å². The van der Waals surface area contributed by atoms with Crippen molar-refractivity contribution in [2.45, 2.75) is 38.4 Å². The minimum atomic E-state index is 0.00112. The summed E-state index contributed by atoms with van der Waals surface area (Å²) in [6.07, 6.45) is 10.7. The van der Waals surface area contributed by atoms with Gasteiger partial charge >= 0.3 is 0 Å². The van der Waals surface area contributed by atoms with E-state index >= 15 is 0 Å². The molecule has 138 valence electrons. The fourth-order valence-corrected chi connectivity index (χ4v) is 4.96. The molecular weight excluding hydrogens is 371 g/mol. The van der Waals surface area contributed by atoms with E-state index in [-0.39, 0.29) is 18.3 Å². The molecule has 4 aromatic rings. The summed E-state index contributed by atoms with van der Waals surface area (Å²) >= 11 is 1.43. The molecule has 0 radical (unpaired) electrons. The van der Waals surface area contributed by atoms with E-state index in [1.165, 1.54) is 11.3 Å². The highest BCUT2D eigenvalue weighted by Gasteiger charge is 2.26. The van der Waals surface area contributed by atoms with Crippen molar-refractivity contribution in [2.75, 3.05) is 0 Å². The third kappa shape index (κ3) is 2.81. The van der Waals surface area contributed by atoms with Crippen molar-refractivity contribution in [3.63, 3.8) is 0 Å². The summed E-state index contributed by atoms with van der Waals surface area (Å²) in [5, 5.41) is 9.08. The molecule has 1 fully saturated rings. The Morgan fingerprint density at radius 2 is 2.11 bits per heavy atom. The first-order chi connectivity index (χ1) is 13.6. The number of nitriles is 1. The quantitative estimate of drug-likeness (QED) is 0.491. The van der Waals surface area contributed by atoms with E-state index in [1.807, 2.05) is 29.8 Å². The van der Waals surface area contributed by atoms with Crippen molar-refractivity contribution in [3.05, 3.63) is 47.0 Å². The van der Waals surface area contributed by atoms with Gasteiger partial charge in [0, 0.05) is 24.4 Å². The maximum Gasteiger partial charge on any atom is 0.271 e. The molecule has 0 unspecified atom stereocenters. The molecule has 5 heterocycles. The van der Waals surface area contributed by atoms with Gasteiger partial charge in [-0.15, -0.1) is 11.3 Å². The second kappa shape index (κ2) is 6.57. The minimum Gasteiger partial charge on any atom is -0.303 e. The Morgan fingerprint density at radius 1 is 1.29 bits per heavy atom. The SMILES string of the molecule is Cc1cn2cc(-c3cc4ncn(C5CCB(C#N)CC5)c(=O)c4s3)ncc2n1. The highest BCUT2D eigenvalue weighted by molar-refractivity contribution is 7.22. The monoisotopic (exact) mass is 388 g/mol. The van der Waals surface area contributed by atoms with Crippen LogP contribution in [0.25, 0.3) is 26.4 Å². The normalized spacial score (nSPS) is 15.4. The standard InChI is InChI=1S/C19H17BN6OS/c1-12-8-25-9-15(22-7-17(25)24-12)16-6-14-18(28-16)19(27)26(11-23-14)13-2-4-20(10-21)5-3-13/h6-9,11,13H,2-5H2,1H3. The summed E-state index contributed by atoms with van der Waals surface area (Å²) in [6.45, 7) is 2.06. The van der Waals surface area contributed by atoms with E-state index in [9.17, 15) is 4.79 Å². The second-order valence-electron chi connectivity index (χ2n) is 7.34. The van der Waals surface area contributed by atoms with Gasteiger partial charge in [0.25, 0.3) is 12.3 Å². The molecule has 0 saturated carbocycles. The minimum absolute atomic E-state index is 0.00112. The number of hydrogen-bond acceptors (Lipinski definition) is 6. The maximum atomic E-state index is 13.1. The molecule has 0 aliphatic carbocycles. The van der Waals surface area contributed by atoms with Gasteiger partial charge in [-0.3, -0.25) is 9.36 Å². The third-order valence-electron chi connectivity index (χ3n) is 5.45. The number of rotatable bonds is 2. The highest BCUT2D eigenvalue weighted by Crippen LogP contribution is 2.32. The van der Waals surface area contributed by atoms with E-state index in [1.54, 1.807) is 17.1 Å². The van der Waals surface area contributed by atoms with Gasteiger partial charge in [0.05, 0.1) is 34.3 Å². The number of imidazole rings is 1. The van der Waals surface area contributed by atoms with Gasteiger partial charge in [0.1, 0.15) is 4.70 Å². The second-order valence-corrected chi connectivity index (χ2v) is 8.39. The summed E-state index contributed by atoms with van der Waals surface area (Å²) in [7, 11) is 0.